The van der Waals surface area contributed by atoms with E-state index in [2.05, 4.69) is 10.2 Å². The number of benzene rings is 3. The van der Waals surface area contributed by atoms with Crippen molar-refractivity contribution >= 4 is 29.1 Å². The highest BCUT2D eigenvalue weighted by molar-refractivity contribution is 6.31. The first-order chi connectivity index (χ1) is 12.2. The van der Waals surface area contributed by atoms with Crippen molar-refractivity contribution in [3.8, 4) is 22.6 Å². The third-order valence-electron chi connectivity index (χ3n) is 3.80. The van der Waals surface area contributed by atoms with Crippen LogP contribution in [0.3, 0.4) is 0 Å². The molecule has 0 aliphatic rings. The van der Waals surface area contributed by atoms with Gasteiger partial charge in [-0.05, 0) is 42.0 Å². The summed E-state index contributed by atoms with van der Waals surface area (Å²) >= 11 is 6.01. The second-order valence-electron chi connectivity index (χ2n) is 5.38. The molecular weight excluding hydrogens is 338 g/mol. The Kier molecular flexibility index (Phi) is 3.91. The van der Waals surface area contributed by atoms with Gasteiger partial charge in [0.15, 0.2) is 0 Å². The molecule has 4 rings (SSSR count). The largest absolute Gasteiger partial charge is 0.428 e. The Morgan fingerprint density at radius 3 is 2.52 bits per heavy atom. The highest BCUT2D eigenvalue weighted by Gasteiger charge is 2.11. The van der Waals surface area contributed by atoms with E-state index in [1.54, 1.807) is 24.3 Å². The summed E-state index contributed by atoms with van der Waals surface area (Å²) in [6.07, 6.45) is 0. The Hall–Kier alpha value is -3.18. The molecule has 0 unspecified atom stereocenters. The van der Waals surface area contributed by atoms with Crippen LogP contribution in [0.4, 0.5) is 0 Å². The summed E-state index contributed by atoms with van der Waals surface area (Å²) in [6, 6.07) is 20.5. The van der Waals surface area contributed by atoms with E-state index in [0.717, 1.165) is 22.3 Å². The van der Waals surface area contributed by atoms with Crippen molar-refractivity contribution in [2.24, 2.45) is 0 Å². The predicted octanol–water partition coefficient (Wildman–Crippen LogP) is 4.28. The van der Waals surface area contributed by atoms with Crippen LogP contribution in [0.2, 0.25) is 5.02 Å². The average molecular weight is 350 g/mol. The summed E-state index contributed by atoms with van der Waals surface area (Å²) in [6.45, 7) is 0.421. The van der Waals surface area contributed by atoms with E-state index in [4.69, 9.17) is 16.3 Å². The molecule has 6 heteroatoms. The van der Waals surface area contributed by atoms with E-state index in [-0.39, 0.29) is 0 Å². The molecule has 5 nitrogen and oxygen atoms in total. The Morgan fingerprint density at radius 2 is 1.72 bits per heavy atom. The monoisotopic (exact) mass is 349 g/mol. The van der Waals surface area contributed by atoms with E-state index >= 15 is 0 Å². The minimum Gasteiger partial charge on any atom is -0.428 e. The Labute approximate surface area is 148 Å². The van der Waals surface area contributed by atoms with E-state index in [1.807, 2.05) is 42.5 Å². The van der Waals surface area contributed by atoms with Gasteiger partial charge in [0.05, 0.1) is 5.69 Å². The highest BCUT2D eigenvalue weighted by atomic mass is 35.5. The topological polar surface area (TPSA) is 57.0 Å². The molecule has 1 heterocycles. The Morgan fingerprint density at radius 1 is 0.920 bits per heavy atom. The zero-order valence-electron chi connectivity index (χ0n) is 13.0. The lowest BCUT2D eigenvalue weighted by molar-refractivity contribution is -0.120. The first-order valence-corrected chi connectivity index (χ1v) is 7.95. The lowest BCUT2D eigenvalue weighted by atomic mass is 10.0. The van der Waals surface area contributed by atoms with E-state index < -0.39 is 0 Å². The van der Waals surface area contributed by atoms with Gasteiger partial charge in [-0.2, -0.15) is 4.80 Å². The van der Waals surface area contributed by atoms with Crippen molar-refractivity contribution in [2.45, 2.75) is 0 Å². The van der Waals surface area contributed by atoms with Crippen molar-refractivity contribution in [3.05, 3.63) is 71.8 Å². The summed E-state index contributed by atoms with van der Waals surface area (Å²) in [5, 5.41) is 9.55. The van der Waals surface area contributed by atoms with E-state index in [9.17, 15) is 4.79 Å². The minimum atomic E-state index is 0.421. The number of ether oxygens (including phenoxy) is 1. The fraction of sp³-hybridized carbons (Fsp3) is 0. The van der Waals surface area contributed by atoms with E-state index in [1.165, 1.54) is 4.80 Å². The van der Waals surface area contributed by atoms with Crippen molar-refractivity contribution in [2.75, 3.05) is 0 Å². The zero-order chi connectivity index (χ0) is 17.2. The van der Waals surface area contributed by atoms with Crippen LogP contribution in [0, 0.1) is 0 Å². The summed E-state index contributed by atoms with van der Waals surface area (Å²) in [5.41, 5.74) is 3.93. The van der Waals surface area contributed by atoms with Gasteiger partial charge in [0, 0.05) is 10.6 Å². The summed E-state index contributed by atoms with van der Waals surface area (Å²) in [4.78, 5) is 12.3. The molecular formula is C19H12ClN3O2. The normalized spacial score (nSPS) is 10.8. The third kappa shape index (κ3) is 2.97. The average Bonchev–Trinajstić information content (AvgIpc) is 3.06. The quantitative estimate of drug-likeness (QED) is 0.516. The van der Waals surface area contributed by atoms with Gasteiger partial charge in [-0.25, -0.2) is 0 Å². The number of nitrogens with zero attached hydrogens (tertiary/aromatic N) is 3. The molecule has 122 valence electrons. The molecule has 0 radical (unpaired) electrons. The number of carbonyl (C=O) groups is 1. The van der Waals surface area contributed by atoms with Gasteiger partial charge in [-0.3, -0.25) is 4.79 Å². The summed E-state index contributed by atoms with van der Waals surface area (Å²) < 4.78 is 5.11. The molecule has 0 aliphatic carbocycles. The number of carbonyl (C=O) groups excluding carboxylic acids is 1. The molecule has 0 spiro atoms. The van der Waals surface area contributed by atoms with Gasteiger partial charge in [0.1, 0.15) is 16.8 Å². The molecule has 25 heavy (non-hydrogen) atoms. The van der Waals surface area contributed by atoms with Crippen LogP contribution in [-0.4, -0.2) is 21.5 Å². The SMILES string of the molecule is O=COc1ccc(-n2nc3ccc(Cl)cc3n2)cc1-c1ccccc1. The molecule has 0 bridgehead atoms. The highest BCUT2D eigenvalue weighted by Crippen LogP contribution is 2.32. The standard InChI is InChI=1S/C19H12ClN3O2/c20-14-6-8-17-18(10-14)22-23(21-17)15-7-9-19(25-12-24)16(11-15)13-4-2-1-3-5-13/h1-12H. The van der Waals surface area contributed by atoms with Crippen molar-refractivity contribution in [1.29, 1.82) is 0 Å². The maximum absolute atomic E-state index is 10.8. The van der Waals surface area contributed by atoms with Crippen LogP contribution < -0.4 is 4.74 Å². The lowest BCUT2D eigenvalue weighted by Crippen LogP contribution is -2.00. The Balaban J connectivity index is 1.85. The van der Waals surface area contributed by atoms with Crippen molar-refractivity contribution in [3.63, 3.8) is 0 Å². The number of fused-ring (bicyclic) bond motifs is 1. The fourth-order valence-corrected chi connectivity index (χ4v) is 2.81. The van der Waals surface area contributed by atoms with E-state index in [0.29, 0.717) is 22.8 Å². The lowest BCUT2D eigenvalue weighted by Gasteiger charge is -2.09. The Bertz CT molecular complexity index is 1060. The van der Waals surface area contributed by atoms with Crippen LogP contribution in [0.1, 0.15) is 0 Å². The number of aromatic nitrogens is 3. The smallest absolute Gasteiger partial charge is 0.298 e. The van der Waals surface area contributed by atoms with Gasteiger partial charge in [-0.1, -0.05) is 41.9 Å². The van der Waals surface area contributed by atoms with Crippen LogP contribution in [0.15, 0.2) is 66.7 Å². The molecule has 0 N–H and O–H groups in total. The van der Waals surface area contributed by atoms with Gasteiger partial charge >= 0.3 is 0 Å². The van der Waals surface area contributed by atoms with Crippen LogP contribution in [0.5, 0.6) is 5.75 Å². The van der Waals surface area contributed by atoms with Crippen LogP contribution >= 0.6 is 11.6 Å². The second kappa shape index (κ2) is 6.37. The summed E-state index contributed by atoms with van der Waals surface area (Å²) in [7, 11) is 0. The number of rotatable bonds is 4. The first kappa shape index (κ1) is 15.4. The van der Waals surface area contributed by atoms with Crippen LogP contribution in [0.25, 0.3) is 27.8 Å². The molecule has 0 amide bonds. The molecule has 0 saturated carbocycles. The van der Waals surface area contributed by atoms with Gasteiger partial charge in [-0.15, -0.1) is 10.2 Å². The fourth-order valence-electron chi connectivity index (χ4n) is 2.64. The van der Waals surface area contributed by atoms with Gasteiger partial charge in [0.25, 0.3) is 6.47 Å². The van der Waals surface area contributed by atoms with Crippen molar-refractivity contribution < 1.29 is 9.53 Å². The molecule has 0 atom stereocenters. The second-order valence-corrected chi connectivity index (χ2v) is 5.82. The first-order valence-electron chi connectivity index (χ1n) is 7.57. The molecule has 0 aliphatic heterocycles. The number of halogens is 1. The zero-order valence-corrected chi connectivity index (χ0v) is 13.7. The van der Waals surface area contributed by atoms with Gasteiger partial charge in [0.2, 0.25) is 0 Å². The summed E-state index contributed by atoms with van der Waals surface area (Å²) in [5.74, 6) is 0.477. The molecule has 0 saturated heterocycles. The van der Waals surface area contributed by atoms with Crippen molar-refractivity contribution in [1.82, 2.24) is 15.0 Å². The number of hydrogen-bond donors (Lipinski definition) is 0. The molecule has 4 aromatic rings. The molecule has 3 aromatic carbocycles. The number of hydrogen-bond acceptors (Lipinski definition) is 4. The maximum Gasteiger partial charge on any atom is 0.298 e. The van der Waals surface area contributed by atoms with Crippen LogP contribution in [-0.2, 0) is 4.79 Å². The maximum atomic E-state index is 10.8. The third-order valence-corrected chi connectivity index (χ3v) is 4.03. The minimum absolute atomic E-state index is 0.421. The predicted molar refractivity (Wildman–Crippen MR) is 96.0 cm³/mol. The molecule has 0 fully saturated rings. The molecule has 1 aromatic heterocycles. The van der Waals surface area contributed by atoms with Gasteiger partial charge < -0.3 is 4.74 Å².